The number of hydrogen-bond donors (Lipinski definition) is 0. The van der Waals surface area contributed by atoms with Crippen LogP contribution in [0.2, 0.25) is 0 Å². The zero-order chi connectivity index (χ0) is 13.2. The molecule has 0 aliphatic carbocycles. The van der Waals surface area contributed by atoms with Gasteiger partial charge in [0.25, 0.3) is 0 Å². The third kappa shape index (κ3) is 2.26. The van der Waals surface area contributed by atoms with E-state index in [1.165, 1.54) is 4.80 Å². The molecule has 0 aliphatic heterocycles. The fourth-order valence-corrected chi connectivity index (χ4v) is 2.07. The summed E-state index contributed by atoms with van der Waals surface area (Å²) in [4.78, 5) is 5.70. The Kier molecular flexibility index (Phi) is 3.08. The van der Waals surface area contributed by atoms with Crippen LogP contribution in [0.15, 0.2) is 47.1 Å². The molecule has 2 aromatic heterocycles. The first kappa shape index (κ1) is 12.0. The van der Waals surface area contributed by atoms with Gasteiger partial charge in [0, 0.05) is 11.8 Å². The van der Waals surface area contributed by atoms with Crippen molar-refractivity contribution in [3.63, 3.8) is 0 Å². The molecule has 0 radical (unpaired) electrons. The van der Waals surface area contributed by atoms with E-state index in [1.807, 2.05) is 43.3 Å². The molecule has 0 aliphatic rings. The zero-order valence-corrected chi connectivity index (χ0v) is 11.7. The second-order valence-corrected chi connectivity index (χ2v) is 4.83. The fraction of sp³-hybridized carbons (Fsp3) is 0.0769. The number of hydrogen-bond acceptors (Lipinski definition) is 4. The van der Waals surface area contributed by atoms with Gasteiger partial charge in [-0.1, -0.05) is 30.3 Å². The molecular weight excluding hydrogens is 306 g/mol. The lowest BCUT2D eigenvalue weighted by atomic mass is 10.2. The van der Waals surface area contributed by atoms with Gasteiger partial charge in [-0.25, -0.2) is 4.98 Å². The first-order chi connectivity index (χ1) is 9.25. The highest BCUT2D eigenvalue weighted by Gasteiger charge is 2.11. The first-order valence-corrected chi connectivity index (χ1v) is 6.52. The van der Waals surface area contributed by atoms with Crippen molar-refractivity contribution in [2.24, 2.45) is 0 Å². The summed E-state index contributed by atoms with van der Waals surface area (Å²) in [5, 5.41) is 12.5. The number of tetrazole rings is 1. The monoisotopic (exact) mass is 315 g/mol. The lowest BCUT2D eigenvalue weighted by Crippen LogP contribution is -2.03. The fourth-order valence-electron chi connectivity index (χ4n) is 1.67. The van der Waals surface area contributed by atoms with E-state index in [9.17, 15) is 0 Å². The van der Waals surface area contributed by atoms with Crippen LogP contribution in [0.5, 0.6) is 0 Å². The molecule has 1 aromatic carbocycles. The van der Waals surface area contributed by atoms with Crippen LogP contribution in [-0.4, -0.2) is 25.2 Å². The van der Waals surface area contributed by atoms with Crippen LogP contribution in [-0.2, 0) is 0 Å². The van der Waals surface area contributed by atoms with Gasteiger partial charge in [-0.2, -0.15) is 0 Å². The molecule has 0 bridgehead atoms. The van der Waals surface area contributed by atoms with Crippen molar-refractivity contribution >= 4 is 15.9 Å². The summed E-state index contributed by atoms with van der Waals surface area (Å²) >= 11 is 3.49. The summed E-state index contributed by atoms with van der Waals surface area (Å²) in [6.45, 7) is 1.99. The van der Waals surface area contributed by atoms with E-state index in [2.05, 4.69) is 36.3 Å². The topological polar surface area (TPSA) is 56.5 Å². The van der Waals surface area contributed by atoms with Gasteiger partial charge in [-0.05, 0) is 39.7 Å². The van der Waals surface area contributed by atoms with E-state index in [1.54, 1.807) is 6.20 Å². The molecule has 0 spiro atoms. The molecule has 6 heteroatoms. The van der Waals surface area contributed by atoms with Crippen molar-refractivity contribution in [1.29, 1.82) is 0 Å². The molecule has 0 saturated carbocycles. The van der Waals surface area contributed by atoms with E-state index in [-0.39, 0.29) is 0 Å². The number of pyridine rings is 1. The van der Waals surface area contributed by atoms with E-state index in [0.717, 1.165) is 15.6 Å². The zero-order valence-electron chi connectivity index (χ0n) is 10.2. The minimum Gasteiger partial charge on any atom is -0.235 e. The Labute approximate surface area is 118 Å². The molecule has 3 aromatic rings. The van der Waals surface area contributed by atoms with E-state index in [4.69, 9.17) is 0 Å². The Morgan fingerprint density at radius 2 is 1.89 bits per heavy atom. The molecule has 2 heterocycles. The lowest BCUT2D eigenvalue weighted by molar-refractivity contribution is 0.696. The molecule has 0 atom stereocenters. The minimum absolute atomic E-state index is 0.579. The largest absolute Gasteiger partial charge is 0.235 e. The SMILES string of the molecule is Cc1ccnc(-n2nnc(-c3ccccc3)n2)c1Br. The average molecular weight is 316 g/mol. The Hall–Kier alpha value is -2.08. The van der Waals surface area contributed by atoms with Crippen molar-refractivity contribution in [2.45, 2.75) is 6.92 Å². The number of nitrogens with zero attached hydrogens (tertiary/aromatic N) is 5. The highest BCUT2D eigenvalue weighted by molar-refractivity contribution is 9.10. The first-order valence-electron chi connectivity index (χ1n) is 5.72. The lowest BCUT2D eigenvalue weighted by Gasteiger charge is -2.02. The predicted molar refractivity (Wildman–Crippen MR) is 74.8 cm³/mol. The van der Waals surface area contributed by atoms with Gasteiger partial charge in [0.05, 0.1) is 4.47 Å². The van der Waals surface area contributed by atoms with Gasteiger partial charge < -0.3 is 0 Å². The number of rotatable bonds is 2. The second kappa shape index (κ2) is 4.89. The summed E-state index contributed by atoms with van der Waals surface area (Å²) in [7, 11) is 0. The Morgan fingerprint density at radius 3 is 2.68 bits per heavy atom. The highest BCUT2D eigenvalue weighted by Crippen LogP contribution is 2.22. The van der Waals surface area contributed by atoms with Gasteiger partial charge in [0.1, 0.15) is 0 Å². The quantitative estimate of drug-likeness (QED) is 0.729. The molecule has 94 valence electrons. The van der Waals surface area contributed by atoms with Crippen molar-refractivity contribution in [3.8, 4) is 17.2 Å². The van der Waals surface area contributed by atoms with E-state index in [0.29, 0.717) is 11.6 Å². The van der Waals surface area contributed by atoms with Crippen LogP contribution in [0.3, 0.4) is 0 Å². The van der Waals surface area contributed by atoms with Crippen LogP contribution in [0.1, 0.15) is 5.56 Å². The summed E-state index contributed by atoms with van der Waals surface area (Å²) < 4.78 is 0.868. The summed E-state index contributed by atoms with van der Waals surface area (Å²) in [5.74, 6) is 1.21. The summed E-state index contributed by atoms with van der Waals surface area (Å²) in [5.41, 5.74) is 2.00. The Bertz CT molecular complexity index is 708. The summed E-state index contributed by atoms with van der Waals surface area (Å²) in [6, 6.07) is 11.6. The van der Waals surface area contributed by atoms with E-state index >= 15 is 0 Å². The number of aryl methyl sites for hydroxylation is 1. The Balaban J connectivity index is 2.05. The van der Waals surface area contributed by atoms with Gasteiger partial charge >= 0.3 is 0 Å². The molecule has 0 amide bonds. The molecular formula is C13H10BrN5. The normalized spacial score (nSPS) is 10.6. The number of benzene rings is 1. The predicted octanol–water partition coefficient (Wildman–Crippen LogP) is 2.80. The maximum atomic E-state index is 4.35. The third-order valence-electron chi connectivity index (χ3n) is 2.70. The third-order valence-corrected chi connectivity index (χ3v) is 3.68. The molecule has 0 saturated heterocycles. The smallest absolute Gasteiger partial charge is 0.205 e. The molecule has 19 heavy (non-hydrogen) atoms. The van der Waals surface area contributed by atoms with Gasteiger partial charge in [-0.3, -0.25) is 0 Å². The van der Waals surface area contributed by atoms with Crippen LogP contribution < -0.4 is 0 Å². The van der Waals surface area contributed by atoms with Crippen molar-refractivity contribution < 1.29 is 0 Å². The van der Waals surface area contributed by atoms with Gasteiger partial charge in [0.15, 0.2) is 5.82 Å². The van der Waals surface area contributed by atoms with Crippen LogP contribution in [0.4, 0.5) is 0 Å². The Morgan fingerprint density at radius 1 is 1.11 bits per heavy atom. The van der Waals surface area contributed by atoms with Gasteiger partial charge in [0.2, 0.25) is 5.82 Å². The van der Waals surface area contributed by atoms with Crippen molar-refractivity contribution in [2.75, 3.05) is 0 Å². The van der Waals surface area contributed by atoms with Crippen molar-refractivity contribution in [1.82, 2.24) is 25.2 Å². The molecule has 5 nitrogen and oxygen atoms in total. The molecule has 3 rings (SSSR count). The van der Waals surface area contributed by atoms with Gasteiger partial charge in [-0.15, -0.1) is 15.0 Å². The van der Waals surface area contributed by atoms with Crippen LogP contribution in [0, 0.1) is 6.92 Å². The molecule has 0 fully saturated rings. The second-order valence-electron chi connectivity index (χ2n) is 4.03. The van der Waals surface area contributed by atoms with Crippen LogP contribution in [0.25, 0.3) is 17.2 Å². The maximum absolute atomic E-state index is 4.35. The van der Waals surface area contributed by atoms with E-state index < -0.39 is 0 Å². The number of halogens is 1. The van der Waals surface area contributed by atoms with Crippen molar-refractivity contribution in [3.05, 3.63) is 52.6 Å². The molecule has 0 N–H and O–H groups in total. The maximum Gasteiger partial charge on any atom is 0.205 e. The summed E-state index contributed by atoms with van der Waals surface area (Å²) in [6.07, 6.45) is 1.72. The van der Waals surface area contributed by atoms with Crippen LogP contribution >= 0.6 is 15.9 Å². The number of aromatic nitrogens is 5. The molecule has 0 unspecified atom stereocenters. The highest BCUT2D eigenvalue weighted by atomic mass is 79.9. The average Bonchev–Trinajstić information content (AvgIpc) is 2.92. The minimum atomic E-state index is 0.579. The standard InChI is InChI=1S/C13H10BrN5/c1-9-7-8-15-13(11(9)14)19-17-12(16-18-19)10-5-3-2-4-6-10/h2-8H,1H3.